The molecule has 2 fully saturated rings. The van der Waals surface area contributed by atoms with Gasteiger partial charge in [0.25, 0.3) is 0 Å². The molecule has 3 heteroatoms. The third-order valence-corrected chi connectivity index (χ3v) is 4.39. The summed E-state index contributed by atoms with van der Waals surface area (Å²) in [5.74, 6) is 0.461. The van der Waals surface area contributed by atoms with Gasteiger partial charge >= 0.3 is 0 Å². The Morgan fingerprint density at radius 1 is 1.33 bits per heavy atom. The van der Waals surface area contributed by atoms with Gasteiger partial charge in [0.1, 0.15) is 0 Å². The van der Waals surface area contributed by atoms with Crippen molar-refractivity contribution in [2.75, 3.05) is 6.54 Å². The molecule has 1 aliphatic carbocycles. The summed E-state index contributed by atoms with van der Waals surface area (Å²) < 4.78 is 1.09. The first-order valence-electron chi connectivity index (χ1n) is 5.26. The van der Waals surface area contributed by atoms with E-state index in [4.69, 9.17) is 0 Å². The van der Waals surface area contributed by atoms with E-state index in [1.807, 2.05) is 0 Å². The Labute approximate surface area is 97.2 Å². The van der Waals surface area contributed by atoms with Crippen LogP contribution in [0.5, 0.6) is 0 Å². The number of halogens is 1. The lowest BCUT2D eigenvalue weighted by molar-refractivity contribution is -0.125. The highest BCUT2D eigenvalue weighted by Crippen LogP contribution is 2.51. The molecule has 1 aliphatic heterocycles. The number of amides is 1. The molecule has 0 radical (unpaired) electrons. The van der Waals surface area contributed by atoms with Crippen molar-refractivity contribution in [1.29, 1.82) is 0 Å². The molecule has 1 saturated carbocycles. The Balaban J connectivity index is 2.00. The minimum Gasteiger partial charge on any atom is -0.355 e. The Hall–Kier alpha value is -0.830. The van der Waals surface area contributed by atoms with Crippen molar-refractivity contribution >= 4 is 21.8 Å². The van der Waals surface area contributed by atoms with Crippen LogP contribution in [0.1, 0.15) is 18.4 Å². The molecule has 0 aromatic heterocycles. The highest BCUT2D eigenvalue weighted by molar-refractivity contribution is 9.10. The third kappa shape index (κ3) is 1.19. The molecule has 2 unspecified atom stereocenters. The second-order valence-corrected chi connectivity index (χ2v) is 5.39. The van der Waals surface area contributed by atoms with Gasteiger partial charge in [-0.15, -0.1) is 0 Å². The number of carbonyl (C=O) groups excluding carboxylic acids is 1. The van der Waals surface area contributed by atoms with Crippen LogP contribution in [-0.4, -0.2) is 12.5 Å². The summed E-state index contributed by atoms with van der Waals surface area (Å²) in [5, 5.41) is 2.98. The molecule has 2 nitrogen and oxygen atoms in total. The maximum Gasteiger partial charge on any atom is 0.224 e. The van der Waals surface area contributed by atoms with Gasteiger partial charge < -0.3 is 5.32 Å². The van der Waals surface area contributed by atoms with Crippen molar-refractivity contribution in [2.45, 2.75) is 18.3 Å². The fourth-order valence-corrected chi connectivity index (χ4v) is 3.09. The molecular weight excluding hydrogens is 254 g/mol. The minimum absolute atomic E-state index is 0.109. The van der Waals surface area contributed by atoms with Crippen molar-refractivity contribution in [3.8, 4) is 0 Å². The number of nitrogens with one attached hydrogen (secondary N) is 1. The topological polar surface area (TPSA) is 29.1 Å². The smallest absolute Gasteiger partial charge is 0.224 e. The van der Waals surface area contributed by atoms with Gasteiger partial charge in [0.15, 0.2) is 0 Å². The van der Waals surface area contributed by atoms with Crippen molar-refractivity contribution < 1.29 is 4.79 Å². The summed E-state index contributed by atoms with van der Waals surface area (Å²) in [6.45, 7) is 0.818. The summed E-state index contributed by atoms with van der Waals surface area (Å²) in [6.07, 6.45) is 2.18. The van der Waals surface area contributed by atoms with Crippen LogP contribution >= 0.6 is 15.9 Å². The Kier molecular flexibility index (Phi) is 1.93. The van der Waals surface area contributed by atoms with Crippen LogP contribution in [0, 0.1) is 5.92 Å². The second kappa shape index (κ2) is 3.08. The summed E-state index contributed by atoms with van der Waals surface area (Å²) in [4.78, 5) is 11.6. The fraction of sp³-hybridized carbons (Fsp3) is 0.417. The lowest BCUT2D eigenvalue weighted by atomic mass is 9.58. The molecular formula is C12H12BrNO. The van der Waals surface area contributed by atoms with Crippen LogP contribution in [0.3, 0.4) is 0 Å². The minimum atomic E-state index is 0.109. The van der Waals surface area contributed by atoms with Crippen LogP contribution in [0.15, 0.2) is 28.7 Å². The van der Waals surface area contributed by atoms with E-state index in [9.17, 15) is 4.79 Å². The van der Waals surface area contributed by atoms with Crippen molar-refractivity contribution in [2.24, 2.45) is 5.92 Å². The van der Waals surface area contributed by atoms with Crippen LogP contribution in [0.4, 0.5) is 0 Å². The molecule has 3 rings (SSSR count). The lowest BCUT2D eigenvalue weighted by Crippen LogP contribution is -2.44. The zero-order valence-electron chi connectivity index (χ0n) is 8.29. The number of hydrogen-bond donors (Lipinski definition) is 1. The van der Waals surface area contributed by atoms with E-state index in [-0.39, 0.29) is 17.2 Å². The first-order valence-corrected chi connectivity index (χ1v) is 6.05. The first-order chi connectivity index (χ1) is 7.22. The Morgan fingerprint density at radius 2 is 2.07 bits per heavy atom. The average molecular weight is 266 g/mol. The van der Waals surface area contributed by atoms with E-state index < -0.39 is 0 Å². The van der Waals surface area contributed by atoms with Gasteiger partial charge in [-0.1, -0.05) is 28.1 Å². The molecule has 2 atom stereocenters. The van der Waals surface area contributed by atoms with Gasteiger partial charge in [-0.25, -0.2) is 0 Å². The quantitative estimate of drug-likeness (QED) is 0.829. The number of carbonyl (C=O) groups is 1. The first kappa shape index (κ1) is 9.40. The molecule has 1 N–H and O–H groups in total. The molecule has 1 heterocycles. The van der Waals surface area contributed by atoms with E-state index in [0.29, 0.717) is 0 Å². The molecule has 2 aliphatic rings. The van der Waals surface area contributed by atoms with Gasteiger partial charge in [-0.05, 0) is 30.5 Å². The Morgan fingerprint density at radius 3 is 2.60 bits per heavy atom. The van der Waals surface area contributed by atoms with E-state index in [0.717, 1.165) is 23.9 Å². The molecule has 1 aromatic carbocycles. The van der Waals surface area contributed by atoms with Gasteiger partial charge in [0.05, 0.1) is 0 Å². The highest BCUT2D eigenvalue weighted by Gasteiger charge is 2.55. The van der Waals surface area contributed by atoms with Crippen LogP contribution in [-0.2, 0) is 10.2 Å². The van der Waals surface area contributed by atoms with E-state index >= 15 is 0 Å². The molecule has 78 valence electrons. The average Bonchev–Trinajstić information content (AvgIpc) is 2.40. The molecule has 1 aromatic rings. The van der Waals surface area contributed by atoms with E-state index in [1.54, 1.807) is 0 Å². The van der Waals surface area contributed by atoms with Crippen LogP contribution < -0.4 is 5.32 Å². The number of hydrogen-bond acceptors (Lipinski definition) is 1. The van der Waals surface area contributed by atoms with Crippen molar-refractivity contribution in [3.63, 3.8) is 0 Å². The summed E-state index contributed by atoms with van der Waals surface area (Å²) in [5.41, 5.74) is 1.41. The van der Waals surface area contributed by atoms with Crippen LogP contribution in [0.2, 0.25) is 0 Å². The van der Waals surface area contributed by atoms with E-state index in [1.165, 1.54) is 5.56 Å². The predicted molar refractivity (Wildman–Crippen MR) is 61.6 cm³/mol. The van der Waals surface area contributed by atoms with Crippen molar-refractivity contribution in [3.05, 3.63) is 34.3 Å². The number of benzene rings is 1. The molecule has 0 bridgehead atoms. The van der Waals surface area contributed by atoms with E-state index in [2.05, 4.69) is 45.5 Å². The molecule has 0 spiro atoms. The summed E-state index contributed by atoms with van der Waals surface area (Å²) in [7, 11) is 0. The van der Waals surface area contributed by atoms with Gasteiger partial charge in [-0.3, -0.25) is 4.79 Å². The van der Waals surface area contributed by atoms with Crippen molar-refractivity contribution in [1.82, 2.24) is 5.32 Å². The number of rotatable bonds is 1. The lowest BCUT2D eigenvalue weighted by Gasteiger charge is -2.43. The van der Waals surface area contributed by atoms with Gasteiger partial charge in [0, 0.05) is 22.4 Å². The van der Waals surface area contributed by atoms with Gasteiger partial charge in [0.2, 0.25) is 5.91 Å². The molecule has 1 saturated heterocycles. The fourth-order valence-electron chi connectivity index (χ4n) is 2.83. The zero-order chi connectivity index (χ0) is 10.5. The normalized spacial score (nSPS) is 33.1. The zero-order valence-corrected chi connectivity index (χ0v) is 9.88. The standard InChI is InChI=1S/C12H12BrNO/c13-9-3-1-8(2-4-9)12-6-5-10(12)11(15)14-7-12/h1-4,10H,5-7H2,(H,14,15). The third-order valence-electron chi connectivity index (χ3n) is 3.86. The van der Waals surface area contributed by atoms with Gasteiger partial charge in [-0.2, -0.15) is 0 Å². The number of fused-ring (bicyclic) bond motifs is 1. The SMILES string of the molecule is O=C1NCC2(c3ccc(Br)cc3)CCC12. The highest BCUT2D eigenvalue weighted by atomic mass is 79.9. The monoisotopic (exact) mass is 265 g/mol. The molecule has 15 heavy (non-hydrogen) atoms. The largest absolute Gasteiger partial charge is 0.355 e. The maximum atomic E-state index is 11.6. The summed E-state index contributed by atoms with van der Waals surface area (Å²) >= 11 is 3.43. The summed E-state index contributed by atoms with van der Waals surface area (Å²) in [6, 6.07) is 8.39. The maximum absolute atomic E-state index is 11.6. The molecule has 1 amide bonds. The van der Waals surface area contributed by atoms with Crippen LogP contribution in [0.25, 0.3) is 0 Å². The predicted octanol–water partition coefficient (Wildman–Crippen LogP) is 2.23. The Bertz CT molecular complexity index is 414. The second-order valence-electron chi connectivity index (χ2n) is 4.47.